The topological polar surface area (TPSA) is 18.5 Å². The molecule has 0 N–H and O–H groups in total. The Kier molecular flexibility index (Phi) is 8.61. The van der Waals surface area contributed by atoms with Gasteiger partial charge in [0.1, 0.15) is 51.7 Å². The highest BCUT2D eigenvalue weighted by molar-refractivity contribution is 5.36. The fraction of sp³-hybridized carbons (Fsp3) is 0.172. The summed E-state index contributed by atoms with van der Waals surface area (Å²) < 4.78 is 178. The van der Waals surface area contributed by atoms with Crippen LogP contribution in [0.4, 0.5) is 52.7 Å². The van der Waals surface area contributed by atoms with Crippen molar-refractivity contribution in [3.8, 4) is 11.5 Å². The maximum atomic E-state index is 14.8. The number of halogens is 12. The van der Waals surface area contributed by atoms with Gasteiger partial charge in [0, 0.05) is 24.3 Å². The van der Waals surface area contributed by atoms with Crippen molar-refractivity contribution in [2.24, 2.45) is 0 Å². The third-order valence-electron chi connectivity index (χ3n) is 6.04. The van der Waals surface area contributed by atoms with Gasteiger partial charge in [-0.05, 0) is 54.7 Å². The molecule has 0 aliphatic rings. The second kappa shape index (κ2) is 11.7. The number of ether oxygens (including phenoxy) is 2. The molecule has 0 bridgehead atoms. The van der Waals surface area contributed by atoms with Gasteiger partial charge in [0.05, 0.1) is 0 Å². The minimum absolute atomic E-state index is 0.0402. The van der Waals surface area contributed by atoms with Crippen LogP contribution < -0.4 is 9.47 Å². The molecule has 0 aliphatic heterocycles. The summed E-state index contributed by atoms with van der Waals surface area (Å²) in [5, 5.41) is 0. The highest BCUT2D eigenvalue weighted by atomic mass is 19.3. The van der Waals surface area contributed by atoms with Crippen molar-refractivity contribution in [2.45, 2.75) is 32.0 Å². The normalized spacial score (nSPS) is 12.0. The van der Waals surface area contributed by atoms with E-state index in [0.29, 0.717) is 17.7 Å². The minimum Gasteiger partial charge on any atom is -0.429 e. The highest BCUT2D eigenvalue weighted by Crippen LogP contribution is 2.40. The molecule has 4 aromatic rings. The fourth-order valence-electron chi connectivity index (χ4n) is 4.06. The molecule has 0 unspecified atom stereocenters. The van der Waals surface area contributed by atoms with Crippen molar-refractivity contribution in [3.63, 3.8) is 0 Å². The van der Waals surface area contributed by atoms with Gasteiger partial charge in [0.15, 0.2) is 17.5 Å². The first-order valence-electron chi connectivity index (χ1n) is 12.0. The van der Waals surface area contributed by atoms with Crippen molar-refractivity contribution >= 4 is 0 Å². The van der Waals surface area contributed by atoms with E-state index < -0.39 is 81.4 Å². The van der Waals surface area contributed by atoms with Gasteiger partial charge >= 0.3 is 12.2 Å². The van der Waals surface area contributed by atoms with Crippen LogP contribution >= 0.6 is 0 Å². The SMILES string of the molecule is Cc1ccc(CCc2cc(F)c(C(F)(F)Oc3cc(F)c(C(F)(F)Oc4cc(F)c(F)c(F)c4)c(F)c3)c(F)c2)c(F)c1. The van der Waals surface area contributed by atoms with Crippen LogP contribution in [-0.2, 0) is 25.1 Å². The quantitative estimate of drug-likeness (QED) is 0.137. The summed E-state index contributed by atoms with van der Waals surface area (Å²) in [4.78, 5) is 0. The Hall–Kier alpha value is -4.36. The van der Waals surface area contributed by atoms with E-state index >= 15 is 0 Å². The molecule has 0 saturated heterocycles. The van der Waals surface area contributed by atoms with Crippen molar-refractivity contribution in [1.29, 1.82) is 0 Å². The molecule has 228 valence electrons. The van der Waals surface area contributed by atoms with Gasteiger partial charge in [0.25, 0.3) is 0 Å². The first-order chi connectivity index (χ1) is 20.0. The lowest BCUT2D eigenvalue weighted by molar-refractivity contribution is -0.191. The molecular weight excluding hydrogens is 608 g/mol. The Morgan fingerprint density at radius 1 is 0.512 bits per heavy atom. The molecule has 0 heterocycles. The molecule has 0 saturated carbocycles. The van der Waals surface area contributed by atoms with Crippen molar-refractivity contribution < 1.29 is 62.2 Å². The van der Waals surface area contributed by atoms with Gasteiger partial charge in [-0.15, -0.1) is 0 Å². The lowest BCUT2D eigenvalue weighted by atomic mass is 10.0. The number of rotatable bonds is 9. The van der Waals surface area contributed by atoms with Crippen molar-refractivity contribution in [3.05, 3.63) is 129 Å². The van der Waals surface area contributed by atoms with E-state index in [9.17, 15) is 52.7 Å². The zero-order valence-electron chi connectivity index (χ0n) is 21.5. The van der Waals surface area contributed by atoms with Crippen LogP contribution in [0.5, 0.6) is 11.5 Å². The Balaban J connectivity index is 1.55. The molecule has 0 spiro atoms. The zero-order chi connectivity index (χ0) is 31.9. The van der Waals surface area contributed by atoms with E-state index in [-0.39, 0.29) is 48.2 Å². The largest absolute Gasteiger partial charge is 0.432 e. The van der Waals surface area contributed by atoms with Crippen LogP contribution in [0, 0.1) is 53.5 Å². The van der Waals surface area contributed by atoms with Crippen molar-refractivity contribution in [1.82, 2.24) is 0 Å². The third kappa shape index (κ3) is 6.83. The van der Waals surface area contributed by atoms with Gasteiger partial charge in [0.2, 0.25) is 0 Å². The molecular formula is C29H16F12O2. The second-order valence-electron chi connectivity index (χ2n) is 9.23. The van der Waals surface area contributed by atoms with E-state index in [1.807, 2.05) is 0 Å². The molecule has 0 aromatic heterocycles. The molecule has 0 amide bonds. The second-order valence-corrected chi connectivity index (χ2v) is 9.23. The Morgan fingerprint density at radius 3 is 1.37 bits per heavy atom. The van der Waals surface area contributed by atoms with Crippen LogP contribution in [0.25, 0.3) is 0 Å². The van der Waals surface area contributed by atoms with Crippen molar-refractivity contribution in [2.75, 3.05) is 0 Å². The minimum atomic E-state index is -5.03. The number of aryl methyl sites for hydroxylation is 3. The Bertz CT molecular complexity index is 1620. The summed E-state index contributed by atoms with van der Waals surface area (Å²) in [5.41, 5.74) is -3.51. The Morgan fingerprint density at radius 2 is 0.930 bits per heavy atom. The smallest absolute Gasteiger partial charge is 0.429 e. The molecule has 4 rings (SSSR count). The first kappa shape index (κ1) is 31.6. The molecule has 0 fully saturated rings. The van der Waals surface area contributed by atoms with E-state index in [4.69, 9.17) is 0 Å². The average Bonchev–Trinajstić information content (AvgIpc) is 2.85. The average molecular weight is 624 g/mol. The summed E-state index contributed by atoms with van der Waals surface area (Å²) in [7, 11) is 0. The van der Waals surface area contributed by atoms with Gasteiger partial charge in [-0.3, -0.25) is 0 Å². The summed E-state index contributed by atoms with van der Waals surface area (Å²) in [6.45, 7) is 1.64. The third-order valence-corrected chi connectivity index (χ3v) is 6.04. The number of hydrogen-bond acceptors (Lipinski definition) is 2. The van der Waals surface area contributed by atoms with E-state index in [2.05, 4.69) is 9.47 Å². The summed E-state index contributed by atoms with van der Waals surface area (Å²) >= 11 is 0. The monoisotopic (exact) mass is 624 g/mol. The number of hydrogen-bond donors (Lipinski definition) is 0. The predicted molar refractivity (Wildman–Crippen MR) is 127 cm³/mol. The lowest BCUT2D eigenvalue weighted by Gasteiger charge is -2.22. The molecule has 0 radical (unpaired) electrons. The molecule has 2 nitrogen and oxygen atoms in total. The Labute approximate surface area is 235 Å². The van der Waals surface area contributed by atoms with Gasteiger partial charge in [-0.1, -0.05) is 12.1 Å². The van der Waals surface area contributed by atoms with E-state index in [1.165, 1.54) is 12.1 Å². The summed E-state index contributed by atoms with van der Waals surface area (Å²) in [6, 6.07) is 4.85. The van der Waals surface area contributed by atoms with Crippen LogP contribution in [0.1, 0.15) is 27.8 Å². The van der Waals surface area contributed by atoms with Crippen LogP contribution in [0.15, 0.2) is 54.6 Å². The molecule has 14 heteroatoms. The van der Waals surface area contributed by atoms with Gasteiger partial charge < -0.3 is 9.47 Å². The molecule has 0 aliphatic carbocycles. The molecule has 4 aromatic carbocycles. The lowest BCUT2D eigenvalue weighted by Crippen LogP contribution is -2.27. The fourth-order valence-corrected chi connectivity index (χ4v) is 4.06. The standard InChI is InChI=1S/C29H16F12O2/c1-13-2-4-15(18(30)6-13)5-3-14-7-19(31)25(20(32)8-14)28(38,39)42-16-9-21(33)26(22(34)10-16)29(40,41)43-17-11-23(35)27(37)24(36)12-17/h2,4,6-12H,3,5H2,1H3. The van der Waals surface area contributed by atoms with E-state index in [0.717, 1.165) is 0 Å². The summed E-state index contributed by atoms with van der Waals surface area (Å²) in [6.07, 6.45) is -10.2. The highest BCUT2D eigenvalue weighted by Gasteiger charge is 2.44. The van der Waals surface area contributed by atoms with Crippen LogP contribution in [-0.4, -0.2) is 0 Å². The van der Waals surface area contributed by atoms with Gasteiger partial charge in [-0.2, -0.15) is 17.6 Å². The van der Waals surface area contributed by atoms with E-state index in [1.54, 1.807) is 13.0 Å². The van der Waals surface area contributed by atoms with Gasteiger partial charge in [-0.25, -0.2) is 35.1 Å². The van der Waals surface area contributed by atoms with Crippen LogP contribution in [0.3, 0.4) is 0 Å². The zero-order valence-corrected chi connectivity index (χ0v) is 21.5. The number of alkyl halides is 4. The first-order valence-corrected chi connectivity index (χ1v) is 12.0. The number of benzene rings is 4. The molecule has 43 heavy (non-hydrogen) atoms. The maximum absolute atomic E-state index is 14.8. The summed E-state index contributed by atoms with van der Waals surface area (Å²) in [5.74, 6) is -17.6. The predicted octanol–water partition coefficient (Wildman–Crippen LogP) is 9.15. The maximum Gasteiger partial charge on any atom is 0.432 e. The van der Waals surface area contributed by atoms with Crippen LogP contribution in [0.2, 0.25) is 0 Å². The molecule has 0 atom stereocenters.